The molecule has 1 heterocycles. The van der Waals surface area contributed by atoms with Crippen molar-refractivity contribution in [2.75, 3.05) is 38.8 Å². The number of carbonyl (C=O) groups is 2. The van der Waals surface area contributed by atoms with Crippen molar-refractivity contribution in [3.63, 3.8) is 0 Å². The minimum Gasteiger partial charge on any atom is -0.476 e. The number of rotatable bonds is 10. The highest BCUT2D eigenvalue weighted by Gasteiger charge is 2.20. The summed E-state index contributed by atoms with van der Waals surface area (Å²) in [5, 5.41) is 12.4. The lowest BCUT2D eigenvalue weighted by molar-refractivity contribution is 0.0687. The third kappa shape index (κ3) is 5.24. The molecule has 0 radical (unpaired) electrons. The van der Waals surface area contributed by atoms with Crippen LogP contribution in [0.2, 0.25) is 0 Å². The molecule has 0 atom stereocenters. The number of Topliss-reactive ketones (excluding diaryl/α,β-unsaturated/α-hetero) is 1. The van der Waals surface area contributed by atoms with Crippen molar-refractivity contribution < 1.29 is 24.2 Å². The highest BCUT2D eigenvalue weighted by molar-refractivity contribution is 7.17. The van der Waals surface area contributed by atoms with E-state index in [1.165, 1.54) is 6.92 Å². The maximum absolute atomic E-state index is 11.3. The minimum absolute atomic E-state index is 0.163. The van der Waals surface area contributed by atoms with E-state index in [0.717, 1.165) is 17.8 Å². The normalized spacial score (nSPS) is 10.5. The van der Waals surface area contributed by atoms with Crippen molar-refractivity contribution in [1.29, 1.82) is 0 Å². The molecule has 0 aliphatic heterocycles. The second kappa shape index (κ2) is 8.62. The fourth-order valence-electron chi connectivity index (χ4n) is 1.39. The number of nitrogens with zero attached hydrogens (tertiary/aromatic N) is 1. The third-order valence-electron chi connectivity index (χ3n) is 2.32. The van der Waals surface area contributed by atoms with Crippen LogP contribution in [-0.2, 0) is 9.47 Å². The standard InChI is InChI=1S/C12H18N2O5S/c1-8(15)10-9(11(16)17)14-12(20-10)13-4-3-5-19-7-6-18-2/h3-7H2,1-2H3,(H,13,14)(H,16,17). The van der Waals surface area contributed by atoms with Gasteiger partial charge in [0.05, 0.1) is 13.2 Å². The van der Waals surface area contributed by atoms with E-state index in [9.17, 15) is 9.59 Å². The number of carboxylic acid groups (broad SMARTS) is 1. The molecule has 0 aliphatic carbocycles. The zero-order valence-corrected chi connectivity index (χ0v) is 12.3. The number of methoxy groups -OCH3 is 1. The van der Waals surface area contributed by atoms with Crippen molar-refractivity contribution >= 4 is 28.2 Å². The summed E-state index contributed by atoms with van der Waals surface area (Å²) in [7, 11) is 1.61. The molecule has 0 saturated carbocycles. The van der Waals surface area contributed by atoms with Gasteiger partial charge in [-0.3, -0.25) is 4.79 Å². The Morgan fingerprint density at radius 1 is 1.35 bits per heavy atom. The van der Waals surface area contributed by atoms with Crippen LogP contribution in [0.1, 0.15) is 33.5 Å². The predicted molar refractivity (Wildman–Crippen MR) is 74.9 cm³/mol. The molecule has 0 aliphatic rings. The zero-order valence-electron chi connectivity index (χ0n) is 11.5. The first-order valence-corrected chi connectivity index (χ1v) is 6.93. The van der Waals surface area contributed by atoms with E-state index in [1.807, 2.05) is 0 Å². The quantitative estimate of drug-likeness (QED) is 0.499. The molecule has 2 N–H and O–H groups in total. The zero-order chi connectivity index (χ0) is 15.0. The molecule has 0 spiro atoms. The van der Waals surface area contributed by atoms with Gasteiger partial charge in [0.1, 0.15) is 4.88 Å². The Balaban J connectivity index is 2.39. The predicted octanol–water partition coefficient (Wildman–Crippen LogP) is 1.51. The molecule has 0 bridgehead atoms. The lowest BCUT2D eigenvalue weighted by atomic mass is 10.3. The Labute approximate surface area is 120 Å². The second-order valence-electron chi connectivity index (χ2n) is 3.94. The lowest BCUT2D eigenvalue weighted by Crippen LogP contribution is -2.08. The lowest BCUT2D eigenvalue weighted by Gasteiger charge is -2.04. The summed E-state index contributed by atoms with van der Waals surface area (Å²) in [4.78, 5) is 26.3. The van der Waals surface area contributed by atoms with Crippen molar-refractivity contribution in [3.05, 3.63) is 10.6 Å². The topological polar surface area (TPSA) is 97.8 Å². The van der Waals surface area contributed by atoms with Gasteiger partial charge in [0.15, 0.2) is 16.6 Å². The van der Waals surface area contributed by atoms with Gasteiger partial charge in [-0.1, -0.05) is 11.3 Å². The van der Waals surface area contributed by atoms with Crippen LogP contribution in [0.15, 0.2) is 0 Å². The summed E-state index contributed by atoms with van der Waals surface area (Å²) in [6.45, 7) is 3.60. The molecule has 20 heavy (non-hydrogen) atoms. The maximum Gasteiger partial charge on any atom is 0.356 e. The van der Waals surface area contributed by atoms with Gasteiger partial charge < -0.3 is 19.9 Å². The van der Waals surface area contributed by atoms with Crippen LogP contribution in [0.4, 0.5) is 5.13 Å². The fourth-order valence-corrected chi connectivity index (χ4v) is 2.27. The van der Waals surface area contributed by atoms with E-state index in [1.54, 1.807) is 7.11 Å². The smallest absolute Gasteiger partial charge is 0.356 e. The first-order chi connectivity index (χ1) is 9.56. The number of aromatic carboxylic acids is 1. The van der Waals surface area contributed by atoms with Crippen LogP contribution < -0.4 is 5.32 Å². The van der Waals surface area contributed by atoms with Crippen molar-refractivity contribution in [2.45, 2.75) is 13.3 Å². The van der Waals surface area contributed by atoms with Gasteiger partial charge in [-0.15, -0.1) is 0 Å². The molecular formula is C12H18N2O5S. The van der Waals surface area contributed by atoms with Crippen LogP contribution in [0, 0.1) is 0 Å². The third-order valence-corrected chi connectivity index (χ3v) is 3.44. The monoisotopic (exact) mass is 302 g/mol. The average Bonchev–Trinajstić information content (AvgIpc) is 2.82. The van der Waals surface area contributed by atoms with Gasteiger partial charge in [-0.2, -0.15) is 0 Å². The van der Waals surface area contributed by atoms with E-state index in [4.69, 9.17) is 14.6 Å². The van der Waals surface area contributed by atoms with Crippen LogP contribution in [0.25, 0.3) is 0 Å². The SMILES string of the molecule is COCCOCCCNc1nc(C(=O)O)c(C(C)=O)s1. The van der Waals surface area contributed by atoms with E-state index in [2.05, 4.69) is 10.3 Å². The average molecular weight is 302 g/mol. The molecule has 0 fully saturated rings. The van der Waals surface area contributed by atoms with Gasteiger partial charge in [-0.25, -0.2) is 9.78 Å². The first kappa shape index (κ1) is 16.5. The Hall–Kier alpha value is -1.51. The van der Waals surface area contributed by atoms with E-state index in [-0.39, 0.29) is 16.4 Å². The Bertz CT molecular complexity index is 429. The molecule has 7 nitrogen and oxygen atoms in total. The Morgan fingerprint density at radius 2 is 2.10 bits per heavy atom. The molecule has 0 saturated heterocycles. The highest BCUT2D eigenvalue weighted by atomic mass is 32.1. The minimum atomic E-state index is -1.19. The van der Waals surface area contributed by atoms with E-state index >= 15 is 0 Å². The number of carbonyl (C=O) groups excluding carboxylic acids is 1. The number of anilines is 1. The molecular weight excluding hydrogens is 284 g/mol. The fraction of sp³-hybridized carbons (Fsp3) is 0.583. The van der Waals surface area contributed by atoms with Crippen LogP contribution in [0.5, 0.6) is 0 Å². The van der Waals surface area contributed by atoms with Crippen molar-refractivity contribution in [1.82, 2.24) is 4.98 Å². The van der Waals surface area contributed by atoms with Crippen LogP contribution in [-0.4, -0.2) is 55.3 Å². The van der Waals surface area contributed by atoms with E-state index < -0.39 is 5.97 Å². The molecule has 1 rings (SSSR count). The highest BCUT2D eigenvalue weighted by Crippen LogP contribution is 2.23. The maximum atomic E-state index is 11.3. The number of hydrogen-bond acceptors (Lipinski definition) is 7. The summed E-state index contributed by atoms with van der Waals surface area (Å²) in [6, 6.07) is 0. The number of nitrogens with one attached hydrogen (secondary N) is 1. The van der Waals surface area contributed by atoms with Crippen LogP contribution in [0.3, 0.4) is 0 Å². The number of carboxylic acids is 1. The Morgan fingerprint density at radius 3 is 2.65 bits per heavy atom. The summed E-state index contributed by atoms with van der Waals surface area (Å²) < 4.78 is 10.1. The first-order valence-electron chi connectivity index (χ1n) is 6.12. The summed E-state index contributed by atoms with van der Waals surface area (Å²) in [5.41, 5.74) is -0.193. The van der Waals surface area contributed by atoms with Gasteiger partial charge in [0, 0.05) is 27.2 Å². The molecule has 0 aromatic carbocycles. The van der Waals surface area contributed by atoms with Crippen molar-refractivity contribution in [3.8, 4) is 0 Å². The largest absolute Gasteiger partial charge is 0.476 e. The van der Waals surface area contributed by atoms with Gasteiger partial charge in [-0.05, 0) is 6.42 Å². The van der Waals surface area contributed by atoms with Gasteiger partial charge in [0.25, 0.3) is 0 Å². The molecule has 112 valence electrons. The molecule has 1 aromatic rings. The van der Waals surface area contributed by atoms with E-state index in [0.29, 0.717) is 31.5 Å². The molecule has 8 heteroatoms. The van der Waals surface area contributed by atoms with Crippen LogP contribution >= 0.6 is 11.3 Å². The number of ketones is 1. The Kier molecular flexibility index (Phi) is 7.13. The number of thiazole rings is 1. The summed E-state index contributed by atoms with van der Waals surface area (Å²) in [5.74, 6) is -1.49. The number of aromatic nitrogens is 1. The molecule has 0 unspecified atom stereocenters. The number of hydrogen-bond donors (Lipinski definition) is 2. The van der Waals surface area contributed by atoms with Gasteiger partial charge >= 0.3 is 5.97 Å². The molecule has 1 aromatic heterocycles. The number of ether oxygens (including phenoxy) is 2. The summed E-state index contributed by atoms with van der Waals surface area (Å²) >= 11 is 1.05. The second-order valence-corrected chi connectivity index (χ2v) is 4.94. The van der Waals surface area contributed by atoms with Gasteiger partial charge in [0.2, 0.25) is 0 Å². The molecule has 0 amide bonds. The van der Waals surface area contributed by atoms with Crippen molar-refractivity contribution in [2.24, 2.45) is 0 Å². The summed E-state index contributed by atoms with van der Waals surface area (Å²) in [6.07, 6.45) is 0.751.